The quantitative estimate of drug-likeness (QED) is 0.395. The van der Waals surface area contributed by atoms with Gasteiger partial charge in [0.25, 0.3) is 5.69 Å². The standard InChI is InChI=1S/C17H14N4O3/c22-17(10-13-4-2-1-3-5-13)16-12-20(19-18-16)11-14-6-8-15(9-7-14)21(23)24/h1-9,12H,10-11H2. The third-order valence-corrected chi connectivity index (χ3v) is 3.52. The van der Waals surface area contributed by atoms with Crippen molar-refractivity contribution >= 4 is 11.5 Å². The molecule has 0 aliphatic heterocycles. The molecular weight excluding hydrogens is 308 g/mol. The second-order valence-electron chi connectivity index (χ2n) is 5.31. The van der Waals surface area contributed by atoms with E-state index in [1.807, 2.05) is 30.3 Å². The third-order valence-electron chi connectivity index (χ3n) is 3.52. The van der Waals surface area contributed by atoms with Crippen molar-refractivity contribution in [3.8, 4) is 0 Å². The number of hydrogen-bond donors (Lipinski definition) is 0. The lowest BCUT2D eigenvalue weighted by Crippen LogP contribution is -2.04. The minimum atomic E-state index is -0.445. The van der Waals surface area contributed by atoms with Gasteiger partial charge in [-0.05, 0) is 11.1 Å². The Hall–Kier alpha value is -3.35. The van der Waals surface area contributed by atoms with Gasteiger partial charge >= 0.3 is 0 Å². The summed E-state index contributed by atoms with van der Waals surface area (Å²) in [6.07, 6.45) is 1.86. The highest BCUT2D eigenvalue weighted by molar-refractivity contribution is 5.95. The molecule has 0 saturated carbocycles. The first-order valence-electron chi connectivity index (χ1n) is 7.32. The lowest BCUT2D eigenvalue weighted by molar-refractivity contribution is -0.384. The maximum Gasteiger partial charge on any atom is 0.269 e. The maximum atomic E-state index is 12.2. The number of ketones is 1. The van der Waals surface area contributed by atoms with Gasteiger partial charge in [0.15, 0.2) is 5.78 Å². The number of nitro groups is 1. The summed E-state index contributed by atoms with van der Waals surface area (Å²) in [5.74, 6) is -0.101. The van der Waals surface area contributed by atoms with Crippen LogP contribution in [0.3, 0.4) is 0 Å². The van der Waals surface area contributed by atoms with Crippen molar-refractivity contribution in [3.05, 3.63) is 87.7 Å². The lowest BCUT2D eigenvalue weighted by atomic mass is 10.1. The molecule has 0 atom stereocenters. The van der Waals surface area contributed by atoms with Crippen LogP contribution >= 0.6 is 0 Å². The molecule has 7 heteroatoms. The van der Waals surface area contributed by atoms with E-state index in [-0.39, 0.29) is 17.9 Å². The average molecular weight is 322 g/mol. The molecule has 1 aromatic heterocycles. The summed E-state index contributed by atoms with van der Waals surface area (Å²) in [5, 5.41) is 18.5. The molecule has 0 bridgehead atoms. The molecule has 0 fully saturated rings. The van der Waals surface area contributed by atoms with Gasteiger partial charge in [-0.2, -0.15) is 0 Å². The molecule has 0 amide bonds. The summed E-state index contributed by atoms with van der Waals surface area (Å²) in [4.78, 5) is 22.4. The molecule has 0 spiro atoms. The fourth-order valence-electron chi connectivity index (χ4n) is 2.29. The van der Waals surface area contributed by atoms with Crippen LogP contribution in [0.1, 0.15) is 21.6 Å². The monoisotopic (exact) mass is 322 g/mol. The normalized spacial score (nSPS) is 10.5. The zero-order valence-corrected chi connectivity index (χ0v) is 12.7. The number of carbonyl (C=O) groups is 1. The zero-order chi connectivity index (χ0) is 16.9. The van der Waals surface area contributed by atoms with Gasteiger partial charge in [-0.25, -0.2) is 4.68 Å². The van der Waals surface area contributed by atoms with E-state index < -0.39 is 4.92 Å². The number of Topliss-reactive ketones (excluding diaryl/α,β-unsaturated/α-hetero) is 1. The second-order valence-corrected chi connectivity index (χ2v) is 5.31. The largest absolute Gasteiger partial charge is 0.292 e. The molecule has 120 valence electrons. The Morgan fingerprint density at radius 3 is 2.42 bits per heavy atom. The van der Waals surface area contributed by atoms with Crippen LogP contribution in [0.2, 0.25) is 0 Å². The first kappa shape index (κ1) is 15.5. The fourth-order valence-corrected chi connectivity index (χ4v) is 2.29. The van der Waals surface area contributed by atoms with E-state index in [1.165, 1.54) is 12.1 Å². The molecule has 0 aliphatic carbocycles. The van der Waals surface area contributed by atoms with E-state index in [2.05, 4.69) is 10.3 Å². The number of rotatable bonds is 6. The van der Waals surface area contributed by atoms with Crippen LogP contribution in [-0.2, 0) is 13.0 Å². The van der Waals surface area contributed by atoms with E-state index in [0.29, 0.717) is 12.2 Å². The van der Waals surface area contributed by atoms with Crippen molar-refractivity contribution in [2.75, 3.05) is 0 Å². The highest BCUT2D eigenvalue weighted by Crippen LogP contribution is 2.13. The first-order chi connectivity index (χ1) is 11.6. The van der Waals surface area contributed by atoms with Crippen molar-refractivity contribution in [1.82, 2.24) is 15.0 Å². The number of non-ortho nitro benzene ring substituents is 1. The highest BCUT2D eigenvalue weighted by Gasteiger charge is 2.12. The molecule has 24 heavy (non-hydrogen) atoms. The van der Waals surface area contributed by atoms with Crippen molar-refractivity contribution in [3.63, 3.8) is 0 Å². The Kier molecular flexibility index (Phi) is 4.42. The highest BCUT2D eigenvalue weighted by atomic mass is 16.6. The minimum absolute atomic E-state index is 0.0380. The smallest absolute Gasteiger partial charge is 0.269 e. The summed E-state index contributed by atoms with van der Waals surface area (Å²) in [7, 11) is 0. The second kappa shape index (κ2) is 6.82. The topological polar surface area (TPSA) is 90.9 Å². The number of benzene rings is 2. The molecule has 0 unspecified atom stereocenters. The SMILES string of the molecule is O=C(Cc1ccccc1)c1cn(Cc2ccc([N+](=O)[O-])cc2)nn1. The van der Waals surface area contributed by atoms with Crippen LogP contribution in [0.4, 0.5) is 5.69 Å². The number of aromatic nitrogens is 3. The number of nitro benzene ring substituents is 1. The van der Waals surface area contributed by atoms with E-state index >= 15 is 0 Å². The fraction of sp³-hybridized carbons (Fsp3) is 0.118. The van der Waals surface area contributed by atoms with Crippen LogP contribution in [0.15, 0.2) is 60.8 Å². The predicted molar refractivity (Wildman–Crippen MR) is 86.7 cm³/mol. The van der Waals surface area contributed by atoms with Gasteiger partial charge in [-0.3, -0.25) is 14.9 Å². The van der Waals surface area contributed by atoms with Crippen molar-refractivity contribution < 1.29 is 9.72 Å². The molecule has 0 radical (unpaired) electrons. The molecule has 0 N–H and O–H groups in total. The number of hydrogen-bond acceptors (Lipinski definition) is 5. The predicted octanol–water partition coefficient (Wildman–Crippen LogP) is 2.66. The van der Waals surface area contributed by atoms with Crippen molar-refractivity contribution in [2.24, 2.45) is 0 Å². The van der Waals surface area contributed by atoms with E-state index in [1.54, 1.807) is 23.0 Å². The van der Waals surface area contributed by atoms with Crippen LogP contribution in [0.5, 0.6) is 0 Å². The van der Waals surface area contributed by atoms with Gasteiger partial charge in [0.1, 0.15) is 5.69 Å². The van der Waals surface area contributed by atoms with Crippen LogP contribution in [0.25, 0.3) is 0 Å². The number of carbonyl (C=O) groups excluding carboxylic acids is 1. The molecule has 3 aromatic rings. The Morgan fingerprint density at radius 2 is 1.75 bits per heavy atom. The van der Waals surface area contributed by atoms with Crippen molar-refractivity contribution in [2.45, 2.75) is 13.0 Å². The lowest BCUT2D eigenvalue weighted by Gasteiger charge is -2.00. The summed E-state index contributed by atoms with van der Waals surface area (Å²) in [6, 6.07) is 15.6. The third kappa shape index (κ3) is 3.70. The minimum Gasteiger partial charge on any atom is -0.292 e. The van der Waals surface area contributed by atoms with Gasteiger partial charge < -0.3 is 0 Å². The van der Waals surface area contributed by atoms with Gasteiger partial charge in [-0.15, -0.1) is 5.10 Å². The Balaban J connectivity index is 1.66. The Labute approximate surface area is 137 Å². The molecule has 1 heterocycles. The summed E-state index contributed by atoms with van der Waals surface area (Å²) < 4.78 is 1.54. The van der Waals surface area contributed by atoms with Gasteiger partial charge in [0.05, 0.1) is 17.7 Å². The maximum absolute atomic E-state index is 12.2. The summed E-state index contributed by atoms with van der Waals surface area (Å²) in [6.45, 7) is 0.392. The Bertz CT molecular complexity index is 857. The van der Waals surface area contributed by atoms with Gasteiger partial charge in [0, 0.05) is 18.6 Å². The summed E-state index contributed by atoms with van der Waals surface area (Å²) in [5.41, 5.74) is 2.11. The van der Waals surface area contributed by atoms with E-state index in [9.17, 15) is 14.9 Å². The molecule has 0 saturated heterocycles. The average Bonchev–Trinajstić information content (AvgIpc) is 3.05. The molecule has 2 aromatic carbocycles. The zero-order valence-electron chi connectivity index (χ0n) is 12.7. The van der Waals surface area contributed by atoms with Crippen LogP contribution < -0.4 is 0 Å². The molecule has 7 nitrogen and oxygen atoms in total. The van der Waals surface area contributed by atoms with Crippen LogP contribution in [-0.4, -0.2) is 25.7 Å². The van der Waals surface area contributed by atoms with Gasteiger partial charge in [-0.1, -0.05) is 47.7 Å². The summed E-state index contributed by atoms with van der Waals surface area (Å²) >= 11 is 0. The molecule has 0 aliphatic rings. The Morgan fingerprint density at radius 1 is 1.04 bits per heavy atom. The van der Waals surface area contributed by atoms with Crippen molar-refractivity contribution in [1.29, 1.82) is 0 Å². The molecular formula is C17H14N4O3. The van der Waals surface area contributed by atoms with Crippen LogP contribution in [0, 0.1) is 10.1 Å². The molecule has 3 rings (SSSR count). The van der Waals surface area contributed by atoms with E-state index in [0.717, 1.165) is 11.1 Å². The van der Waals surface area contributed by atoms with E-state index in [4.69, 9.17) is 0 Å². The number of nitrogens with zero attached hydrogens (tertiary/aromatic N) is 4. The van der Waals surface area contributed by atoms with Gasteiger partial charge in [0.2, 0.25) is 0 Å². The first-order valence-corrected chi connectivity index (χ1v) is 7.32.